The second-order valence-corrected chi connectivity index (χ2v) is 13.1. The molecule has 1 spiro atoms. The van der Waals surface area contributed by atoms with E-state index in [0.29, 0.717) is 12.3 Å². The van der Waals surface area contributed by atoms with Crippen LogP contribution >= 0.6 is 11.8 Å². The van der Waals surface area contributed by atoms with Crippen molar-refractivity contribution >= 4 is 35.2 Å². The number of rotatable bonds is 11. The third kappa shape index (κ3) is 5.12. The first kappa shape index (κ1) is 29.5. The first-order valence-electron chi connectivity index (χ1n) is 14.8. The highest BCUT2D eigenvalue weighted by molar-refractivity contribution is 8.02. The van der Waals surface area contributed by atoms with Crippen LogP contribution in [0.3, 0.4) is 0 Å². The van der Waals surface area contributed by atoms with Gasteiger partial charge in [0.2, 0.25) is 17.7 Å². The van der Waals surface area contributed by atoms with Crippen LogP contribution in [-0.4, -0.2) is 63.0 Å². The van der Waals surface area contributed by atoms with Crippen molar-refractivity contribution in [2.45, 2.75) is 75.1 Å². The summed E-state index contributed by atoms with van der Waals surface area (Å²) in [5.74, 6) is -1.14. The zero-order valence-electron chi connectivity index (χ0n) is 24.2. The van der Waals surface area contributed by atoms with E-state index in [1.165, 1.54) is 0 Å². The number of nitrogens with one attached hydrogen (secondary N) is 2. The summed E-state index contributed by atoms with van der Waals surface area (Å²) in [6.45, 7) is 8.30. The lowest BCUT2D eigenvalue weighted by Crippen LogP contribution is -2.58. The van der Waals surface area contributed by atoms with Gasteiger partial charge in [-0.3, -0.25) is 14.4 Å². The van der Waals surface area contributed by atoms with Crippen LogP contribution in [0.5, 0.6) is 5.75 Å². The number of thioether (sulfide) groups is 1. The summed E-state index contributed by atoms with van der Waals surface area (Å²) in [5.41, 5.74) is 1.40. The largest absolute Gasteiger partial charge is 0.494 e. The monoisotopic (exact) mass is 579 g/mol. The molecular weight excluding hydrogens is 538 g/mol. The van der Waals surface area contributed by atoms with E-state index < -0.39 is 28.7 Å². The van der Waals surface area contributed by atoms with Gasteiger partial charge in [-0.05, 0) is 62.4 Å². The molecular formula is C32H41N3O5S. The Bertz CT molecular complexity index is 1260. The molecule has 2 aromatic carbocycles. The molecule has 5 rings (SSSR count). The lowest BCUT2D eigenvalue weighted by Gasteiger charge is -2.40. The van der Waals surface area contributed by atoms with E-state index in [1.807, 2.05) is 56.3 Å². The Morgan fingerprint density at radius 1 is 1.12 bits per heavy atom. The summed E-state index contributed by atoms with van der Waals surface area (Å²) in [4.78, 5) is 44.2. The normalized spacial score (nSPS) is 29.6. The van der Waals surface area contributed by atoms with Crippen LogP contribution in [0, 0.1) is 17.8 Å². The van der Waals surface area contributed by atoms with Crippen molar-refractivity contribution in [2.75, 3.05) is 18.5 Å². The van der Waals surface area contributed by atoms with E-state index in [4.69, 9.17) is 4.74 Å². The number of amides is 3. The molecule has 0 saturated carbocycles. The zero-order valence-corrected chi connectivity index (χ0v) is 25.0. The van der Waals surface area contributed by atoms with Gasteiger partial charge in [0.15, 0.2) is 0 Å². The fraction of sp³-hybridized carbons (Fsp3) is 0.531. The first-order valence-corrected chi connectivity index (χ1v) is 15.6. The van der Waals surface area contributed by atoms with E-state index in [-0.39, 0.29) is 41.5 Å². The molecule has 3 amide bonds. The molecule has 3 aliphatic heterocycles. The summed E-state index contributed by atoms with van der Waals surface area (Å²) in [6.07, 6.45) is 2.49. The van der Waals surface area contributed by atoms with E-state index in [0.717, 1.165) is 30.6 Å². The summed E-state index contributed by atoms with van der Waals surface area (Å²) in [5, 5.41) is 16.8. The van der Waals surface area contributed by atoms with Gasteiger partial charge in [-0.1, -0.05) is 50.6 Å². The fourth-order valence-corrected chi connectivity index (χ4v) is 9.69. The molecule has 3 fully saturated rings. The maximum absolute atomic E-state index is 14.5. The van der Waals surface area contributed by atoms with Gasteiger partial charge in [0.05, 0.1) is 35.8 Å². The predicted octanol–water partition coefficient (Wildman–Crippen LogP) is 4.40. The Hall–Kier alpha value is -3.04. The molecule has 41 heavy (non-hydrogen) atoms. The van der Waals surface area contributed by atoms with Crippen molar-refractivity contribution in [3.63, 3.8) is 0 Å². The maximum atomic E-state index is 14.5. The van der Waals surface area contributed by atoms with Crippen LogP contribution in [0.4, 0.5) is 5.69 Å². The fourth-order valence-electron chi connectivity index (χ4n) is 7.28. The number of aliphatic hydroxyl groups is 1. The molecule has 2 bridgehead atoms. The van der Waals surface area contributed by atoms with Crippen LogP contribution in [0.1, 0.15) is 58.6 Å². The van der Waals surface area contributed by atoms with E-state index in [9.17, 15) is 19.5 Å². The van der Waals surface area contributed by atoms with Gasteiger partial charge in [0.1, 0.15) is 11.8 Å². The number of anilines is 1. The number of ether oxygens (including phenoxy) is 1. The molecule has 9 heteroatoms. The number of benzene rings is 2. The second-order valence-electron chi connectivity index (χ2n) is 11.6. The van der Waals surface area contributed by atoms with Crippen molar-refractivity contribution in [3.05, 3.63) is 60.2 Å². The van der Waals surface area contributed by atoms with Gasteiger partial charge < -0.3 is 25.4 Å². The topological polar surface area (TPSA) is 108 Å². The lowest BCUT2D eigenvalue weighted by atomic mass is 9.65. The molecule has 3 heterocycles. The number of aliphatic hydroxyl groups excluding tert-OH is 1. The maximum Gasteiger partial charge on any atom is 0.244 e. The molecule has 220 valence electrons. The molecule has 2 aromatic rings. The SMILES string of the molecule is CCCC(C)NC(=O)C1N([C@H](CO)c2ccccc2)C(=O)[C@@H]2[C@H](C(=O)Nc3ccc(OCC)cc3)[C@@H]3CC(C)C12S3. The molecule has 0 aromatic heterocycles. The number of nitrogens with zero attached hydrogens (tertiary/aromatic N) is 1. The number of hydrogen-bond donors (Lipinski definition) is 3. The minimum atomic E-state index is -0.801. The standard InChI is InChI=1S/C32H41N3O5S/c1-5-10-20(4)33-30(38)28-32-19(3)17-25(41-32)26(29(37)34-22-13-15-23(16-14-22)40-6-2)27(32)31(39)35(28)24(18-36)21-11-8-7-9-12-21/h7-9,11-16,19-20,24-28,36H,5-6,10,17-18H2,1-4H3,(H,33,38)(H,34,37)/t19?,20?,24-,25+,26-,27+,28?,32?/m1/s1. The van der Waals surface area contributed by atoms with Gasteiger partial charge in [-0.15, -0.1) is 11.8 Å². The van der Waals surface area contributed by atoms with E-state index >= 15 is 0 Å². The number of carbonyl (C=O) groups excluding carboxylic acids is 3. The Morgan fingerprint density at radius 3 is 2.46 bits per heavy atom. The van der Waals surface area contributed by atoms with Crippen molar-refractivity contribution < 1.29 is 24.2 Å². The Morgan fingerprint density at radius 2 is 1.83 bits per heavy atom. The molecule has 3 aliphatic rings. The number of carbonyl (C=O) groups is 3. The quantitative estimate of drug-likeness (QED) is 0.364. The van der Waals surface area contributed by atoms with Crippen LogP contribution in [0.15, 0.2) is 54.6 Å². The van der Waals surface area contributed by atoms with Crippen LogP contribution in [0.25, 0.3) is 0 Å². The van der Waals surface area contributed by atoms with Gasteiger partial charge in [0, 0.05) is 17.0 Å². The molecule has 3 saturated heterocycles. The zero-order chi connectivity index (χ0) is 29.3. The first-order chi connectivity index (χ1) is 19.8. The highest BCUT2D eigenvalue weighted by Gasteiger charge is 2.76. The summed E-state index contributed by atoms with van der Waals surface area (Å²) in [6, 6.07) is 15.0. The van der Waals surface area contributed by atoms with Crippen LogP contribution < -0.4 is 15.4 Å². The smallest absolute Gasteiger partial charge is 0.244 e. The molecule has 0 aliphatic carbocycles. The third-order valence-electron chi connectivity index (χ3n) is 8.97. The summed E-state index contributed by atoms with van der Waals surface area (Å²) < 4.78 is 4.76. The lowest BCUT2D eigenvalue weighted by molar-refractivity contribution is -0.142. The molecule has 8 atom stereocenters. The summed E-state index contributed by atoms with van der Waals surface area (Å²) in [7, 11) is 0. The summed E-state index contributed by atoms with van der Waals surface area (Å²) >= 11 is 1.64. The predicted molar refractivity (Wildman–Crippen MR) is 161 cm³/mol. The number of fused-ring (bicyclic) bond motifs is 1. The van der Waals surface area contributed by atoms with Crippen molar-refractivity contribution in [3.8, 4) is 5.75 Å². The molecule has 3 N–H and O–H groups in total. The van der Waals surface area contributed by atoms with Crippen LogP contribution in [-0.2, 0) is 14.4 Å². The minimum absolute atomic E-state index is 0.0401. The van der Waals surface area contributed by atoms with Crippen molar-refractivity contribution in [2.24, 2.45) is 17.8 Å². The highest BCUT2D eigenvalue weighted by Crippen LogP contribution is 2.69. The minimum Gasteiger partial charge on any atom is -0.494 e. The second kappa shape index (κ2) is 12.1. The van der Waals surface area contributed by atoms with Gasteiger partial charge in [-0.2, -0.15) is 0 Å². The average molecular weight is 580 g/mol. The molecule has 0 radical (unpaired) electrons. The average Bonchev–Trinajstić information content (AvgIpc) is 3.55. The van der Waals surface area contributed by atoms with Crippen LogP contribution in [0.2, 0.25) is 0 Å². The van der Waals surface area contributed by atoms with E-state index in [2.05, 4.69) is 24.5 Å². The van der Waals surface area contributed by atoms with Gasteiger partial charge >= 0.3 is 0 Å². The van der Waals surface area contributed by atoms with Crippen molar-refractivity contribution in [1.82, 2.24) is 10.2 Å². The van der Waals surface area contributed by atoms with Gasteiger partial charge in [0.25, 0.3) is 0 Å². The van der Waals surface area contributed by atoms with Gasteiger partial charge in [-0.25, -0.2) is 0 Å². The third-order valence-corrected chi connectivity index (χ3v) is 11.0. The molecule has 4 unspecified atom stereocenters. The Kier molecular flexibility index (Phi) is 8.66. The highest BCUT2D eigenvalue weighted by atomic mass is 32.2. The Balaban J connectivity index is 1.52. The molecule has 8 nitrogen and oxygen atoms in total. The van der Waals surface area contributed by atoms with Crippen molar-refractivity contribution in [1.29, 1.82) is 0 Å². The number of likely N-dealkylation sites (tertiary alicyclic amines) is 1. The van der Waals surface area contributed by atoms with E-state index in [1.54, 1.807) is 28.8 Å². The number of hydrogen-bond acceptors (Lipinski definition) is 6. The Labute approximate surface area is 246 Å².